The van der Waals surface area contributed by atoms with Crippen LogP contribution in [0.25, 0.3) is 0 Å². The van der Waals surface area contributed by atoms with Gasteiger partial charge in [-0.15, -0.1) is 24.8 Å². The van der Waals surface area contributed by atoms with E-state index in [-0.39, 0.29) is 36.7 Å². The third-order valence-electron chi connectivity index (χ3n) is 3.54. The number of benzene rings is 1. The van der Waals surface area contributed by atoms with Gasteiger partial charge in [0.15, 0.2) is 0 Å². The van der Waals surface area contributed by atoms with E-state index in [4.69, 9.17) is 4.74 Å². The van der Waals surface area contributed by atoms with Gasteiger partial charge in [-0.2, -0.15) is 0 Å². The van der Waals surface area contributed by atoms with E-state index in [1.54, 1.807) is 13.2 Å². The second-order valence-electron chi connectivity index (χ2n) is 4.60. The molecular weight excluding hydrogens is 302 g/mol. The van der Waals surface area contributed by atoms with Crippen LogP contribution in [0.1, 0.15) is 24.9 Å². The molecule has 1 fully saturated rings. The van der Waals surface area contributed by atoms with Gasteiger partial charge in [-0.1, -0.05) is 6.92 Å². The predicted octanol–water partition coefficient (Wildman–Crippen LogP) is 3.03. The minimum atomic E-state index is -0.138. The Labute approximate surface area is 132 Å². The van der Waals surface area contributed by atoms with E-state index in [1.165, 1.54) is 6.07 Å². The molecule has 2 rings (SSSR count). The van der Waals surface area contributed by atoms with E-state index in [2.05, 4.69) is 17.1 Å². The first-order valence-electron chi connectivity index (χ1n) is 6.54. The maximum Gasteiger partial charge on any atom is 0.128 e. The van der Waals surface area contributed by atoms with Gasteiger partial charge < -0.3 is 10.1 Å². The molecule has 6 heteroatoms. The van der Waals surface area contributed by atoms with Crippen LogP contribution in [0.3, 0.4) is 0 Å². The molecule has 0 saturated carbocycles. The first-order valence-corrected chi connectivity index (χ1v) is 6.54. The summed E-state index contributed by atoms with van der Waals surface area (Å²) in [7, 11) is 1.61. The molecule has 0 unspecified atom stereocenters. The molecule has 1 aliphatic rings. The van der Waals surface area contributed by atoms with Crippen molar-refractivity contribution in [1.29, 1.82) is 0 Å². The van der Waals surface area contributed by atoms with Crippen LogP contribution in [0.4, 0.5) is 4.39 Å². The lowest BCUT2D eigenvalue weighted by Gasteiger charge is -2.35. The van der Waals surface area contributed by atoms with Crippen molar-refractivity contribution in [3.63, 3.8) is 0 Å². The average Bonchev–Trinajstić information content (AvgIpc) is 2.43. The quantitative estimate of drug-likeness (QED) is 0.921. The first-order chi connectivity index (χ1) is 8.76. The summed E-state index contributed by atoms with van der Waals surface area (Å²) in [4.78, 5) is 2.34. The molecule has 3 nitrogen and oxygen atoms in total. The molecule has 0 spiro atoms. The minimum absolute atomic E-state index is 0. The highest BCUT2D eigenvalue weighted by atomic mass is 35.5. The molecule has 116 valence electrons. The second-order valence-corrected chi connectivity index (χ2v) is 4.60. The molecule has 20 heavy (non-hydrogen) atoms. The van der Waals surface area contributed by atoms with Gasteiger partial charge in [0.1, 0.15) is 11.6 Å². The summed E-state index contributed by atoms with van der Waals surface area (Å²) in [6.07, 6.45) is 0.907. The molecule has 0 aromatic heterocycles. The summed E-state index contributed by atoms with van der Waals surface area (Å²) in [5.41, 5.74) is 0.749. The van der Waals surface area contributed by atoms with Gasteiger partial charge in [0.05, 0.1) is 7.11 Å². The van der Waals surface area contributed by atoms with Gasteiger partial charge in [0.25, 0.3) is 0 Å². The van der Waals surface area contributed by atoms with Crippen LogP contribution >= 0.6 is 24.8 Å². The zero-order valence-electron chi connectivity index (χ0n) is 11.9. The number of nitrogens with one attached hydrogen (secondary N) is 1. The Bertz CT molecular complexity index is 401. The van der Waals surface area contributed by atoms with Crippen molar-refractivity contribution in [1.82, 2.24) is 10.2 Å². The topological polar surface area (TPSA) is 24.5 Å². The number of nitrogens with zero attached hydrogens (tertiary/aromatic N) is 1. The summed E-state index contributed by atoms with van der Waals surface area (Å²) in [5, 5.41) is 3.32. The largest absolute Gasteiger partial charge is 0.497 e. The number of piperazine rings is 1. The summed E-state index contributed by atoms with van der Waals surface area (Å²) >= 11 is 0. The molecule has 0 radical (unpaired) electrons. The third kappa shape index (κ3) is 4.48. The number of halogens is 3. The highest BCUT2D eigenvalue weighted by Crippen LogP contribution is 2.29. The predicted molar refractivity (Wildman–Crippen MR) is 84.9 cm³/mol. The van der Waals surface area contributed by atoms with Crippen LogP contribution in [0.15, 0.2) is 18.2 Å². The van der Waals surface area contributed by atoms with E-state index < -0.39 is 0 Å². The molecule has 0 amide bonds. The molecular formula is C14H23Cl2FN2O. The third-order valence-corrected chi connectivity index (χ3v) is 3.54. The van der Waals surface area contributed by atoms with Crippen molar-refractivity contribution in [2.24, 2.45) is 0 Å². The van der Waals surface area contributed by atoms with Crippen molar-refractivity contribution in [2.45, 2.75) is 19.4 Å². The Morgan fingerprint density at radius 2 is 1.95 bits per heavy atom. The smallest absolute Gasteiger partial charge is 0.128 e. The molecule has 1 atom stereocenters. The van der Waals surface area contributed by atoms with Crippen LogP contribution in [-0.4, -0.2) is 38.2 Å². The van der Waals surface area contributed by atoms with Crippen molar-refractivity contribution in [2.75, 3.05) is 33.3 Å². The Morgan fingerprint density at radius 3 is 2.50 bits per heavy atom. The SMILES string of the molecule is CC[C@@H](c1cc(OC)ccc1F)N1CCNCC1.Cl.Cl. The standard InChI is InChI=1S/C14H21FN2O.2ClH/c1-3-14(17-8-6-16-7-9-17)12-10-11(18-2)4-5-13(12)15;;/h4-5,10,14,16H,3,6-9H2,1-2H3;2*1H/t14-;;/m0../s1. The van der Waals surface area contributed by atoms with Gasteiger partial charge in [0, 0.05) is 37.8 Å². The maximum atomic E-state index is 14.0. The summed E-state index contributed by atoms with van der Waals surface area (Å²) < 4.78 is 19.2. The van der Waals surface area contributed by atoms with Crippen LogP contribution in [0, 0.1) is 5.82 Å². The van der Waals surface area contributed by atoms with Crippen molar-refractivity contribution < 1.29 is 9.13 Å². The van der Waals surface area contributed by atoms with Gasteiger partial charge in [-0.25, -0.2) is 4.39 Å². The molecule has 1 aromatic carbocycles. The Hall–Kier alpha value is -0.550. The molecule has 0 aliphatic carbocycles. The maximum absolute atomic E-state index is 14.0. The molecule has 1 saturated heterocycles. The fourth-order valence-corrected chi connectivity index (χ4v) is 2.57. The van der Waals surface area contributed by atoms with Crippen molar-refractivity contribution in [3.05, 3.63) is 29.6 Å². The van der Waals surface area contributed by atoms with E-state index in [0.29, 0.717) is 0 Å². The normalized spacial score (nSPS) is 16.8. The van der Waals surface area contributed by atoms with Gasteiger partial charge in [-0.3, -0.25) is 4.90 Å². The Morgan fingerprint density at radius 1 is 1.30 bits per heavy atom. The molecule has 1 aliphatic heterocycles. The van der Waals surface area contributed by atoms with Crippen LogP contribution < -0.4 is 10.1 Å². The number of ether oxygens (including phenoxy) is 1. The van der Waals surface area contributed by atoms with Gasteiger partial charge in [0.2, 0.25) is 0 Å². The lowest BCUT2D eigenvalue weighted by molar-refractivity contribution is 0.166. The summed E-state index contributed by atoms with van der Waals surface area (Å²) in [6, 6.07) is 5.13. The fraction of sp³-hybridized carbons (Fsp3) is 0.571. The van der Waals surface area contributed by atoms with E-state index in [0.717, 1.165) is 43.9 Å². The zero-order chi connectivity index (χ0) is 13.0. The van der Waals surface area contributed by atoms with Crippen LogP contribution in [0.5, 0.6) is 5.75 Å². The number of hydrogen-bond acceptors (Lipinski definition) is 3. The summed E-state index contributed by atoms with van der Waals surface area (Å²) in [5.74, 6) is 0.584. The average molecular weight is 325 g/mol. The lowest BCUT2D eigenvalue weighted by Crippen LogP contribution is -2.45. The van der Waals surface area contributed by atoms with Crippen molar-refractivity contribution in [3.8, 4) is 5.75 Å². The molecule has 1 heterocycles. The van der Waals surface area contributed by atoms with Crippen molar-refractivity contribution >= 4 is 24.8 Å². The monoisotopic (exact) mass is 324 g/mol. The second kappa shape index (κ2) is 9.40. The van der Waals surface area contributed by atoms with E-state index in [9.17, 15) is 4.39 Å². The zero-order valence-corrected chi connectivity index (χ0v) is 13.5. The highest BCUT2D eigenvalue weighted by Gasteiger charge is 2.23. The Balaban J connectivity index is 0.00000180. The van der Waals surface area contributed by atoms with E-state index in [1.807, 2.05) is 6.07 Å². The molecule has 1 N–H and O–H groups in total. The number of hydrogen-bond donors (Lipinski definition) is 1. The highest BCUT2D eigenvalue weighted by molar-refractivity contribution is 5.85. The van der Waals surface area contributed by atoms with E-state index >= 15 is 0 Å². The molecule has 0 bridgehead atoms. The van der Waals surface area contributed by atoms with Crippen LogP contribution in [-0.2, 0) is 0 Å². The van der Waals surface area contributed by atoms with Gasteiger partial charge in [-0.05, 0) is 24.6 Å². The fourth-order valence-electron chi connectivity index (χ4n) is 2.57. The molecule has 1 aromatic rings. The first kappa shape index (κ1) is 19.4. The van der Waals surface area contributed by atoms with Crippen LogP contribution in [0.2, 0.25) is 0 Å². The lowest BCUT2D eigenvalue weighted by atomic mass is 10.0. The number of rotatable bonds is 4. The summed E-state index contributed by atoms with van der Waals surface area (Å²) in [6.45, 7) is 5.99. The Kier molecular flexibility index (Phi) is 9.14. The van der Waals surface area contributed by atoms with Gasteiger partial charge >= 0.3 is 0 Å². The number of methoxy groups -OCH3 is 1. The minimum Gasteiger partial charge on any atom is -0.497 e.